The molecule has 0 bridgehead atoms. The zero-order valence-electron chi connectivity index (χ0n) is 13.7. The summed E-state index contributed by atoms with van der Waals surface area (Å²) in [7, 11) is 0. The van der Waals surface area contributed by atoms with E-state index in [2.05, 4.69) is 15.2 Å². The number of piperidine rings is 1. The first-order valence-electron chi connectivity index (χ1n) is 8.40. The molecule has 0 saturated carbocycles. The van der Waals surface area contributed by atoms with Gasteiger partial charge in [-0.2, -0.15) is 0 Å². The van der Waals surface area contributed by atoms with Gasteiger partial charge in [0.2, 0.25) is 0 Å². The number of hydrogen-bond acceptors (Lipinski definition) is 5. The number of nitrogens with one attached hydrogen (secondary N) is 1. The maximum Gasteiger partial charge on any atom is 0.254 e. The summed E-state index contributed by atoms with van der Waals surface area (Å²) in [6, 6.07) is 3.93. The van der Waals surface area contributed by atoms with Crippen LogP contribution in [0, 0.1) is 0 Å². The molecule has 126 valence electrons. The molecule has 0 aromatic carbocycles. The van der Waals surface area contributed by atoms with E-state index in [1.165, 1.54) is 24.6 Å². The largest absolute Gasteiger partial charge is 0.377 e. The summed E-state index contributed by atoms with van der Waals surface area (Å²) < 4.78 is 5.71. The van der Waals surface area contributed by atoms with Crippen molar-refractivity contribution in [2.45, 2.75) is 42.9 Å². The fourth-order valence-electron chi connectivity index (χ4n) is 3.33. The second kappa shape index (κ2) is 8.13. The minimum Gasteiger partial charge on any atom is -0.377 e. The number of rotatable bonds is 5. The van der Waals surface area contributed by atoms with E-state index in [4.69, 9.17) is 4.74 Å². The van der Waals surface area contributed by atoms with Gasteiger partial charge in [0.15, 0.2) is 0 Å². The Labute approximate surface area is 142 Å². The van der Waals surface area contributed by atoms with Crippen molar-refractivity contribution < 1.29 is 9.53 Å². The van der Waals surface area contributed by atoms with Gasteiger partial charge in [0, 0.05) is 38.5 Å². The summed E-state index contributed by atoms with van der Waals surface area (Å²) in [6.45, 7) is 4.03. The fraction of sp³-hybridized carbons (Fsp3) is 0.647. The Kier molecular flexibility index (Phi) is 5.91. The van der Waals surface area contributed by atoms with Crippen LogP contribution >= 0.6 is 11.8 Å². The molecule has 0 spiro atoms. The first kappa shape index (κ1) is 16.7. The van der Waals surface area contributed by atoms with Gasteiger partial charge in [-0.3, -0.25) is 4.79 Å². The minimum atomic E-state index is 0.0000243. The Balaban J connectivity index is 1.47. The topological polar surface area (TPSA) is 54.5 Å². The summed E-state index contributed by atoms with van der Waals surface area (Å²) in [5.74, 6) is 0.0000243. The van der Waals surface area contributed by atoms with Gasteiger partial charge < -0.3 is 15.0 Å². The van der Waals surface area contributed by atoms with E-state index in [1.54, 1.807) is 6.20 Å². The average Bonchev–Trinajstić information content (AvgIpc) is 3.09. The van der Waals surface area contributed by atoms with E-state index < -0.39 is 0 Å². The predicted molar refractivity (Wildman–Crippen MR) is 91.9 cm³/mol. The molecule has 2 aliphatic heterocycles. The molecule has 23 heavy (non-hydrogen) atoms. The maximum absolute atomic E-state index is 12.5. The molecule has 1 N–H and O–H groups in total. The molecule has 3 heterocycles. The van der Waals surface area contributed by atoms with Gasteiger partial charge in [-0.1, -0.05) is 0 Å². The van der Waals surface area contributed by atoms with Crippen LogP contribution < -0.4 is 5.32 Å². The molecule has 0 aliphatic carbocycles. The fourth-order valence-corrected chi connectivity index (χ4v) is 3.87. The van der Waals surface area contributed by atoms with Crippen LogP contribution in [0.3, 0.4) is 0 Å². The monoisotopic (exact) mass is 335 g/mol. The third-order valence-electron chi connectivity index (χ3n) is 4.62. The number of hydrogen-bond donors (Lipinski definition) is 1. The van der Waals surface area contributed by atoms with Crippen LogP contribution in [0.15, 0.2) is 23.4 Å². The summed E-state index contributed by atoms with van der Waals surface area (Å²) in [6.07, 6.45) is 8.49. The van der Waals surface area contributed by atoms with Crippen LogP contribution in [0.25, 0.3) is 0 Å². The van der Waals surface area contributed by atoms with Crippen LogP contribution in [0.2, 0.25) is 0 Å². The molecule has 6 heteroatoms. The number of carbonyl (C=O) groups is 1. The van der Waals surface area contributed by atoms with Crippen LogP contribution in [0.1, 0.15) is 36.0 Å². The summed E-state index contributed by atoms with van der Waals surface area (Å²) in [5, 5.41) is 3.97. The van der Waals surface area contributed by atoms with Crippen LogP contribution in [0.5, 0.6) is 0 Å². The Morgan fingerprint density at radius 2 is 2.26 bits per heavy atom. The zero-order chi connectivity index (χ0) is 16.1. The number of carbonyl (C=O) groups excluding carboxylic acids is 1. The van der Waals surface area contributed by atoms with Crippen molar-refractivity contribution in [3.63, 3.8) is 0 Å². The van der Waals surface area contributed by atoms with Crippen LogP contribution in [-0.2, 0) is 4.74 Å². The number of amides is 1. The van der Waals surface area contributed by atoms with Crippen molar-refractivity contribution in [1.29, 1.82) is 0 Å². The SMILES string of the molecule is CSc1ncccc1C(=O)NC1CCN(C[C@@H]2CCCO2)CC1. The highest BCUT2D eigenvalue weighted by atomic mass is 32.2. The molecule has 2 saturated heterocycles. The number of pyridine rings is 1. The molecule has 0 unspecified atom stereocenters. The third-order valence-corrected chi connectivity index (χ3v) is 5.33. The van der Waals surface area contributed by atoms with E-state index >= 15 is 0 Å². The van der Waals surface area contributed by atoms with Gasteiger partial charge in [-0.05, 0) is 44.1 Å². The number of likely N-dealkylation sites (tertiary alicyclic amines) is 1. The van der Waals surface area contributed by atoms with Crippen molar-refractivity contribution in [2.75, 3.05) is 32.5 Å². The van der Waals surface area contributed by atoms with Gasteiger partial charge in [-0.15, -0.1) is 11.8 Å². The molecular formula is C17H25N3O2S. The van der Waals surface area contributed by atoms with E-state index in [0.29, 0.717) is 11.7 Å². The lowest BCUT2D eigenvalue weighted by Gasteiger charge is -2.33. The zero-order valence-corrected chi connectivity index (χ0v) is 14.5. The lowest BCUT2D eigenvalue weighted by atomic mass is 10.0. The quantitative estimate of drug-likeness (QED) is 0.836. The minimum absolute atomic E-state index is 0.0000243. The first-order chi connectivity index (χ1) is 11.3. The van der Waals surface area contributed by atoms with Crippen molar-refractivity contribution in [3.8, 4) is 0 Å². The first-order valence-corrected chi connectivity index (χ1v) is 9.62. The van der Waals surface area contributed by atoms with E-state index in [9.17, 15) is 4.79 Å². The normalized spacial score (nSPS) is 23.1. The van der Waals surface area contributed by atoms with Gasteiger partial charge >= 0.3 is 0 Å². The molecule has 2 fully saturated rings. The summed E-state index contributed by atoms with van der Waals surface area (Å²) in [5.41, 5.74) is 0.682. The highest BCUT2D eigenvalue weighted by Crippen LogP contribution is 2.19. The molecule has 0 radical (unpaired) electrons. The number of aromatic nitrogens is 1. The van der Waals surface area contributed by atoms with Crippen LogP contribution in [0.4, 0.5) is 0 Å². The third kappa shape index (κ3) is 4.46. The average molecular weight is 335 g/mol. The molecule has 2 aliphatic rings. The molecule has 1 aromatic heterocycles. The molecule has 3 rings (SSSR count). The van der Waals surface area contributed by atoms with Crippen molar-refractivity contribution in [3.05, 3.63) is 23.9 Å². The van der Waals surface area contributed by atoms with E-state index in [1.807, 2.05) is 18.4 Å². The molecule has 5 nitrogen and oxygen atoms in total. The number of nitrogens with zero attached hydrogens (tertiary/aromatic N) is 2. The van der Waals surface area contributed by atoms with Crippen molar-refractivity contribution in [2.24, 2.45) is 0 Å². The summed E-state index contributed by atoms with van der Waals surface area (Å²) >= 11 is 1.51. The van der Waals surface area contributed by atoms with Gasteiger partial charge in [0.1, 0.15) is 5.03 Å². The Bertz CT molecular complexity index is 526. The second-order valence-electron chi connectivity index (χ2n) is 6.24. The van der Waals surface area contributed by atoms with Gasteiger partial charge in [0.25, 0.3) is 5.91 Å². The van der Waals surface area contributed by atoms with Crippen molar-refractivity contribution >= 4 is 17.7 Å². The number of thioether (sulfide) groups is 1. The Morgan fingerprint density at radius 3 is 2.96 bits per heavy atom. The molecule has 1 amide bonds. The van der Waals surface area contributed by atoms with Gasteiger partial charge in [0.05, 0.1) is 11.7 Å². The molecule has 1 atom stereocenters. The lowest BCUT2D eigenvalue weighted by molar-refractivity contribution is 0.0612. The molecule has 1 aromatic rings. The Hall–Kier alpha value is -1.11. The lowest BCUT2D eigenvalue weighted by Crippen LogP contribution is -2.46. The van der Waals surface area contributed by atoms with Crippen LogP contribution in [-0.4, -0.2) is 60.4 Å². The molecular weight excluding hydrogens is 310 g/mol. The predicted octanol–water partition coefficient (Wildman–Crippen LogP) is 2.18. The highest BCUT2D eigenvalue weighted by Gasteiger charge is 2.25. The van der Waals surface area contributed by atoms with E-state index in [0.717, 1.165) is 44.1 Å². The standard InChI is InChI=1S/C17H25N3O2S/c1-23-17-15(5-2-8-18-17)16(21)19-13-6-9-20(10-7-13)12-14-4-3-11-22-14/h2,5,8,13-14H,3-4,6-7,9-12H2,1H3,(H,19,21)/t14-/m0/s1. The number of ether oxygens (including phenoxy) is 1. The maximum atomic E-state index is 12.5. The second-order valence-corrected chi connectivity index (χ2v) is 7.04. The van der Waals surface area contributed by atoms with E-state index in [-0.39, 0.29) is 11.9 Å². The highest BCUT2D eigenvalue weighted by molar-refractivity contribution is 7.98. The summed E-state index contributed by atoms with van der Waals surface area (Å²) in [4.78, 5) is 19.2. The van der Waals surface area contributed by atoms with Crippen molar-refractivity contribution in [1.82, 2.24) is 15.2 Å². The smallest absolute Gasteiger partial charge is 0.254 e. The van der Waals surface area contributed by atoms with Gasteiger partial charge in [-0.25, -0.2) is 4.98 Å². The Morgan fingerprint density at radius 1 is 1.43 bits per heavy atom.